The van der Waals surface area contributed by atoms with Crippen LogP contribution in [0.3, 0.4) is 0 Å². The van der Waals surface area contributed by atoms with Crippen molar-refractivity contribution in [2.45, 2.75) is 13.0 Å². The van der Waals surface area contributed by atoms with E-state index in [4.69, 9.17) is 9.47 Å². The van der Waals surface area contributed by atoms with Gasteiger partial charge in [0.05, 0.1) is 26.9 Å². The molecule has 8 nitrogen and oxygen atoms in total. The first-order valence-electron chi connectivity index (χ1n) is 9.52. The predicted molar refractivity (Wildman–Crippen MR) is 110 cm³/mol. The van der Waals surface area contributed by atoms with E-state index in [1.54, 1.807) is 37.3 Å². The third-order valence-corrected chi connectivity index (χ3v) is 5.34. The summed E-state index contributed by atoms with van der Waals surface area (Å²) in [7, 11) is 3.11. The van der Waals surface area contributed by atoms with E-state index < -0.39 is 6.04 Å². The summed E-state index contributed by atoms with van der Waals surface area (Å²) in [6.45, 7) is 1.89. The molecule has 0 fully saturated rings. The lowest BCUT2D eigenvalue weighted by molar-refractivity contribution is 0.0706. The fourth-order valence-electron chi connectivity index (χ4n) is 3.95. The Hall–Kier alpha value is -3.52. The van der Waals surface area contributed by atoms with Gasteiger partial charge in [-0.1, -0.05) is 17.7 Å². The molecule has 3 N–H and O–H groups in total. The quantitative estimate of drug-likeness (QED) is 0.578. The molecule has 3 aromatic rings. The van der Waals surface area contributed by atoms with Crippen molar-refractivity contribution in [3.8, 4) is 28.5 Å². The van der Waals surface area contributed by atoms with E-state index >= 15 is 0 Å². The van der Waals surface area contributed by atoms with Crippen molar-refractivity contribution in [3.63, 3.8) is 0 Å². The first kappa shape index (κ1) is 19.8. The van der Waals surface area contributed by atoms with Crippen molar-refractivity contribution in [2.75, 3.05) is 27.4 Å². The molecule has 0 saturated heterocycles. The fraction of sp³-hybridized carbons (Fsp3) is 0.273. The zero-order valence-corrected chi connectivity index (χ0v) is 17.0. The van der Waals surface area contributed by atoms with Crippen LogP contribution in [-0.2, 0) is 0 Å². The van der Waals surface area contributed by atoms with Crippen LogP contribution >= 0.6 is 0 Å². The topological polar surface area (TPSA) is 108 Å². The maximum absolute atomic E-state index is 13.1. The molecule has 1 unspecified atom stereocenters. The van der Waals surface area contributed by atoms with E-state index in [1.807, 2.05) is 25.1 Å². The number of β-amino-alcohol motifs (C(OH)–C–C–N with tert-alkyl or cyclic N) is 1. The van der Waals surface area contributed by atoms with Gasteiger partial charge in [0.2, 0.25) is 0 Å². The number of phenols is 1. The van der Waals surface area contributed by atoms with Gasteiger partial charge in [0.1, 0.15) is 17.1 Å². The second-order valence-corrected chi connectivity index (χ2v) is 7.12. The largest absolute Gasteiger partial charge is 0.507 e. The number of aromatic nitrogens is 2. The molecule has 2 heterocycles. The minimum atomic E-state index is -0.506. The molecule has 1 aromatic heterocycles. The van der Waals surface area contributed by atoms with Crippen LogP contribution in [-0.4, -0.2) is 58.6 Å². The zero-order valence-electron chi connectivity index (χ0n) is 17.0. The lowest BCUT2D eigenvalue weighted by Gasteiger charge is -2.26. The van der Waals surface area contributed by atoms with E-state index in [-0.39, 0.29) is 24.8 Å². The van der Waals surface area contributed by atoms with E-state index in [0.717, 1.165) is 11.1 Å². The van der Waals surface area contributed by atoms with Crippen LogP contribution in [0.1, 0.15) is 33.2 Å². The molecular weight excluding hydrogens is 386 g/mol. The summed E-state index contributed by atoms with van der Waals surface area (Å²) in [5.74, 6) is 0.922. The number of hydrogen-bond donors (Lipinski definition) is 3. The van der Waals surface area contributed by atoms with Gasteiger partial charge >= 0.3 is 0 Å². The van der Waals surface area contributed by atoms with Crippen LogP contribution in [0.4, 0.5) is 0 Å². The average molecular weight is 409 g/mol. The fourth-order valence-corrected chi connectivity index (χ4v) is 3.95. The van der Waals surface area contributed by atoms with Gasteiger partial charge in [0.15, 0.2) is 11.5 Å². The molecule has 2 aromatic carbocycles. The second-order valence-electron chi connectivity index (χ2n) is 7.12. The number of carbonyl (C=O) groups excluding carboxylic acids is 1. The molecule has 1 amide bonds. The number of aliphatic hydroxyl groups excluding tert-OH is 1. The molecule has 0 aliphatic carbocycles. The molecule has 0 radical (unpaired) electrons. The number of nitrogens with zero attached hydrogens (tertiary/aromatic N) is 2. The number of aromatic amines is 1. The van der Waals surface area contributed by atoms with E-state index in [2.05, 4.69) is 10.2 Å². The molecule has 8 heteroatoms. The lowest BCUT2D eigenvalue weighted by Crippen LogP contribution is -2.32. The maximum Gasteiger partial charge on any atom is 0.273 e. The predicted octanol–water partition coefficient (Wildman–Crippen LogP) is 2.65. The number of aromatic hydroxyl groups is 1. The Morgan fingerprint density at radius 2 is 1.90 bits per heavy atom. The molecular formula is C22H23N3O5. The molecule has 30 heavy (non-hydrogen) atoms. The number of H-pyrrole nitrogens is 1. The second kappa shape index (κ2) is 7.72. The normalized spacial score (nSPS) is 15.4. The van der Waals surface area contributed by atoms with Crippen molar-refractivity contribution < 1.29 is 24.5 Å². The number of phenolic OH excluding ortho intramolecular Hbond substituents is 1. The lowest BCUT2D eigenvalue weighted by atomic mass is 9.95. The Labute approximate surface area is 173 Å². The van der Waals surface area contributed by atoms with E-state index in [0.29, 0.717) is 34.0 Å². The standard InChI is InChI=1S/C22H23N3O5/c1-12-4-6-15(27)14(10-12)19-18-20(24-23-19)22(28)25(8-9-26)21(18)13-5-7-16(29-2)17(11-13)30-3/h4-7,10-11,21,26-27H,8-9H2,1-3H3,(H,23,24). The van der Waals surface area contributed by atoms with Gasteiger partial charge in [-0.2, -0.15) is 5.10 Å². The van der Waals surface area contributed by atoms with Crippen molar-refractivity contribution in [1.29, 1.82) is 0 Å². The number of ether oxygens (including phenoxy) is 2. The van der Waals surface area contributed by atoms with Crippen LogP contribution in [0.25, 0.3) is 11.3 Å². The minimum Gasteiger partial charge on any atom is -0.507 e. The summed E-state index contributed by atoms with van der Waals surface area (Å²) in [6.07, 6.45) is 0. The Morgan fingerprint density at radius 3 is 2.60 bits per heavy atom. The number of aryl methyl sites for hydroxylation is 1. The molecule has 1 atom stereocenters. The summed E-state index contributed by atoms with van der Waals surface area (Å²) in [5.41, 5.74) is 3.78. The first-order chi connectivity index (χ1) is 14.5. The molecule has 156 valence electrons. The molecule has 1 aliphatic heterocycles. The number of methoxy groups -OCH3 is 2. The molecule has 0 saturated carbocycles. The minimum absolute atomic E-state index is 0.0778. The SMILES string of the molecule is COc1ccc(C2c3c(-c4cc(C)ccc4O)n[nH]c3C(=O)N2CCO)cc1OC. The Balaban J connectivity index is 1.92. The third-order valence-electron chi connectivity index (χ3n) is 5.34. The number of aliphatic hydroxyl groups is 1. The number of benzene rings is 2. The molecule has 0 spiro atoms. The van der Waals surface area contributed by atoms with Crippen molar-refractivity contribution >= 4 is 5.91 Å². The van der Waals surface area contributed by atoms with Gasteiger partial charge in [0.25, 0.3) is 5.91 Å². The number of carbonyl (C=O) groups is 1. The van der Waals surface area contributed by atoms with Crippen molar-refractivity contribution in [2.24, 2.45) is 0 Å². The smallest absolute Gasteiger partial charge is 0.273 e. The Morgan fingerprint density at radius 1 is 1.13 bits per heavy atom. The van der Waals surface area contributed by atoms with Crippen molar-refractivity contribution in [3.05, 3.63) is 58.8 Å². The Bertz CT molecular complexity index is 1110. The summed E-state index contributed by atoms with van der Waals surface area (Å²) in [4.78, 5) is 14.7. The Kier molecular flexibility index (Phi) is 5.09. The van der Waals surface area contributed by atoms with Gasteiger partial charge < -0.3 is 24.6 Å². The van der Waals surface area contributed by atoms with Gasteiger partial charge in [0, 0.05) is 17.7 Å². The summed E-state index contributed by atoms with van der Waals surface area (Å²) < 4.78 is 10.8. The summed E-state index contributed by atoms with van der Waals surface area (Å²) in [5, 5.41) is 27.2. The number of amides is 1. The molecule has 1 aliphatic rings. The van der Waals surface area contributed by atoms with Gasteiger partial charge in [-0.15, -0.1) is 0 Å². The van der Waals surface area contributed by atoms with E-state index in [1.165, 1.54) is 0 Å². The molecule has 0 bridgehead atoms. The highest BCUT2D eigenvalue weighted by Crippen LogP contribution is 2.45. The zero-order chi connectivity index (χ0) is 21.4. The number of nitrogens with one attached hydrogen (secondary N) is 1. The van der Waals surface area contributed by atoms with Crippen LogP contribution < -0.4 is 9.47 Å². The third kappa shape index (κ3) is 3.05. The van der Waals surface area contributed by atoms with Crippen LogP contribution in [0.15, 0.2) is 36.4 Å². The first-order valence-corrected chi connectivity index (χ1v) is 9.52. The summed E-state index contributed by atoms with van der Waals surface area (Å²) >= 11 is 0. The number of hydrogen-bond acceptors (Lipinski definition) is 6. The highest BCUT2D eigenvalue weighted by Gasteiger charge is 2.42. The van der Waals surface area contributed by atoms with Crippen LogP contribution in [0, 0.1) is 6.92 Å². The van der Waals surface area contributed by atoms with Crippen LogP contribution in [0.5, 0.6) is 17.2 Å². The summed E-state index contributed by atoms with van der Waals surface area (Å²) in [6, 6.07) is 10.2. The average Bonchev–Trinajstić information content (AvgIpc) is 3.29. The van der Waals surface area contributed by atoms with Crippen LogP contribution in [0.2, 0.25) is 0 Å². The number of fused-ring (bicyclic) bond motifs is 1. The van der Waals surface area contributed by atoms with Gasteiger partial charge in [-0.25, -0.2) is 0 Å². The number of rotatable bonds is 6. The monoisotopic (exact) mass is 409 g/mol. The maximum atomic E-state index is 13.1. The highest BCUT2D eigenvalue weighted by molar-refractivity contribution is 6.00. The molecule has 4 rings (SSSR count). The van der Waals surface area contributed by atoms with Gasteiger partial charge in [-0.3, -0.25) is 9.89 Å². The van der Waals surface area contributed by atoms with Gasteiger partial charge in [-0.05, 0) is 36.8 Å². The van der Waals surface area contributed by atoms with E-state index in [9.17, 15) is 15.0 Å². The highest BCUT2D eigenvalue weighted by atomic mass is 16.5. The van der Waals surface area contributed by atoms with Crippen molar-refractivity contribution in [1.82, 2.24) is 15.1 Å².